The first kappa shape index (κ1) is 19.0. The zero-order chi connectivity index (χ0) is 19.7. The Bertz CT molecular complexity index is 842. The molecule has 6 nitrogen and oxygen atoms in total. The van der Waals surface area contributed by atoms with Crippen LogP contribution in [-0.4, -0.2) is 43.5 Å². The fourth-order valence-electron chi connectivity index (χ4n) is 4.27. The van der Waals surface area contributed by atoms with Crippen molar-refractivity contribution in [3.63, 3.8) is 0 Å². The molecule has 1 amide bonds. The number of ether oxygens (including phenoxy) is 2. The van der Waals surface area contributed by atoms with E-state index < -0.39 is 0 Å². The average Bonchev–Trinajstić information content (AvgIpc) is 3.08. The predicted molar refractivity (Wildman–Crippen MR) is 104 cm³/mol. The summed E-state index contributed by atoms with van der Waals surface area (Å²) in [5.74, 6) is 1.81. The number of nitrogens with one attached hydrogen (secondary N) is 1. The van der Waals surface area contributed by atoms with Crippen LogP contribution in [0, 0.1) is 12.3 Å². The molecule has 2 N–H and O–H groups in total. The topological polar surface area (TPSA) is 80.9 Å². The highest BCUT2D eigenvalue weighted by Gasteiger charge is 2.46. The number of aryl methyl sites for hydroxylation is 1. The molecular formula is C22H27NO5. The van der Waals surface area contributed by atoms with Crippen molar-refractivity contribution >= 4 is 5.91 Å². The van der Waals surface area contributed by atoms with Crippen LogP contribution in [0.3, 0.4) is 0 Å². The van der Waals surface area contributed by atoms with Gasteiger partial charge in [-0.25, -0.2) is 0 Å². The monoisotopic (exact) mass is 385 g/mol. The van der Waals surface area contributed by atoms with Crippen LogP contribution in [0.25, 0.3) is 11.3 Å². The van der Waals surface area contributed by atoms with Gasteiger partial charge in [0.2, 0.25) is 0 Å². The van der Waals surface area contributed by atoms with E-state index in [4.69, 9.17) is 13.9 Å². The van der Waals surface area contributed by atoms with Crippen molar-refractivity contribution in [3.8, 4) is 17.1 Å². The summed E-state index contributed by atoms with van der Waals surface area (Å²) >= 11 is 0. The summed E-state index contributed by atoms with van der Waals surface area (Å²) in [6.07, 6.45) is 3.50. The number of methoxy groups -OCH3 is 1. The minimum atomic E-state index is -0.164. The summed E-state index contributed by atoms with van der Waals surface area (Å²) in [5, 5.41) is 12.5. The van der Waals surface area contributed by atoms with Crippen LogP contribution in [-0.2, 0) is 4.74 Å². The van der Waals surface area contributed by atoms with Gasteiger partial charge in [0, 0.05) is 12.1 Å². The molecule has 1 atom stereocenters. The lowest BCUT2D eigenvalue weighted by molar-refractivity contribution is -0.138. The molecule has 1 aliphatic heterocycles. The first-order valence-corrected chi connectivity index (χ1v) is 9.81. The van der Waals surface area contributed by atoms with Gasteiger partial charge in [0.25, 0.3) is 5.91 Å². The van der Waals surface area contributed by atoms with Crippen molar-refractivity contribution in [1.82, 2.24) is 5.32 Å². The van der Waals surface area contributed by atoms with Crippen molar-refractivity contribution in [2.24, 2.45) is 5.41 Å². The number of aliphatic hydroxyl groups is 1. The molecule has 1 saturated carbocycles. The summed E-state index contributed by atoms with van der Waals surface area (Å²) in [4.78, 5) is 12.6. The van der Waals surface area contributed by atoms with Crippen molar-refractivity contribution in [1.29, 1.82) is 0 Å². The molecule has 28 heavy (non-hydrogen) atoms. The zero-order valence-corrected chi connectivity index (χ0v) is 16.4. The van der Waals surface area contributed by atoms with Gasteiger partial charge in [-0.1, -0.05) is 12.1 Å². The highest BCUT2D eigenvalue weighted by atomic mass is 16.5. The maximum atomic E-state index is 12.6. The third-order valence-electron chi connectivity index (χ3n) is 5.97. The largest absolute Gasteiger partial charge is 0.497 e. The normalized spacial score (nSPS) is 26.7. The minimum Gasteiger partial charge on any atom is -0.497 e. The smallest absolute Gasteiger partial charge is 0.254 e. The van der Waals surface area contributed by atoms with Gasteiger partial charge in [-0.3, -0.25) is 4.79 Å². The van der Waals surface area contributed by atoms with Crippen LogP contribution >= 0.6 is 0 Å². The Morgan fingerprint density at radius 3 is 2.86 bits per heavy atom. The maximum absolute atomic E-state index is 12.6. The van der Waals surface area contributed by atoms with E-state index in [9.17, 15) is 9.90 Å². The van der Waals surface area contributed by atoms with Crippen LogP contribution in [0.5, 0.6) is 5.75 Å². The number of carbonyl (C=O) groups is 1. The number of aliphatic hydroxyl groups excluding tert-OH is 1. The lowest BCUT2D eigenvalue weighted by atomic mass is 9.63. The molecule has 1 aromatic heterocycles. The molecule has 0 radical (unpaired) electrons. The van der Waals surface area contributed by atoms with Crippen LogP contribution < -0.4 is 10.1 Å². The summed E-state index contributed by atoms with van der Waals surface area (Å²) in [7, 11) is 1.62. The van der Waals surface area contributed by atoms with Gasteiger partial charge in [0.1, 0.15) is 17.3 Å². The Balaban J connectivity index is 1.34. The Morgan fingerprint density at radius 2 is 2.18 bits per heavy atom. The molecule has 2 fully saturated rings. The van der Waals surface area contributed by atoms with Crippen molar-refractivity contribution < 1.29 is 23.8 Å². The van der Waals surface area contributed by atoms with E-state index in [2.05, 4.69) is 5.32 Å². The zero-order valence-electron chi connectivity index (χ0n) is 16.4. The third kappa shape index (κ3) is 3.80. The number of furan rings is 1. The number of carbonyl (C=O) groups excluding carboxylic acids is 1. The Kier molecular flexibility index (Phi) is 5.17. The molecule has 150 valence electrons. The third-order valence-corrected chi connectivity index (χ3v) is 5.97. The van der Waals surface area contributed by atoms with E-state index in [0.29, 0.717) is 30.2 Å². The highest BCUT2D eigenvalue weighted by molar-refractivity contribution is 5.96. The Labute approximate surface area is 164 Å². The van der Waals surface area contributed by atoms with E-state index in [1.165, 1.54) is 0 Å². The first-order chi connectivity index (χ1) is 13.5. The van der Waals surface area contributed by atoms with E-state index in [-0.39, 0.29) is 23.5 Å². The van der Waals surface area contributed by atoms with Gasteiger partial charge >= 0.3 is 0 Å². The fraction of sp³-hybridized carbons (Fsp3) is 0.500. The molecule has 1 spiro atoms. The molecule has 1 unspecified atom stereocenters. The van der Waals surface area contributed by atoms with Gasteiger partial charge in [-0.15, -0.1) is 0 Å². The number of benzene rings is 1. The Morgan fingerprint density at radius 1 is 1.36 bits per heavy atom. The molecule has 2 heterocycles. The van der Waals surface area contributed by atoms with Crippen molar-refractivity contribution in [2.75, 3.05) is 20.3 Å². The second-order valence-electron chi connectivity index (χ2n) is 8.06. The van der Waals surface area contributed by atoms with E-state index in [1.54, 1.807) is 20.1 Å². The van der Waals surface area contributed by atoms with Crippen molar-refractivity contribution in [2.45, 2.75) is 44.8 Å². The maximum Gasteiger partial charge on any atom is 0.254 e. The summed E-state index contributed by atoms with van der Waals surface area (Å²) in [6, 6.07) is 9.33. The minimum absolute atomic E-state index is 0.0254. The lowest BCUT2D eigenvalue weighted by Crippen LogP contribution is -2.49. The summed E-state index contributed by atoms with van der Waals surface area (Å²) in [5.41, 5.74) is 1.57. The number of hydrogen-bond donors (Lipinski definition) is 2. The molecular weight excluding hydrogens is 358 g/mol. The lowest BCUT2D eigenvalue weighted by Gasteiger charge is -2.49. The summed E-state index contributed by atoms with van der Waals surface area (Å²) < 4.78 is 17.0. The van der Waals surface area contributed by atoms with Gasteiger partial charge in [0.15, 0.2) is 0 Å². The van der Waals surface area contributed by atoms with E-state index in [0.717, 1.165) is 37.0 Å². The van der Waals surface area contributed by atoms with Crippen LogP contribution in [0.1, 0.15) is 41.8 Å². The number of hydrogen-bond acceptors (Lipinski definition) is 5. The van der Waals surface area contributed by atoms with Crippen LogP contribution in [0.15, 0.2) is 34.7 Å². The molecule has 2 aliphatic rings. The molecule has 6 heteroatoms. The molecule has 1 aliphatic carbocycles. The molecule has 1 saturated heterocycles. The van der Waals surface area contributed by atoms with Crippen LogP contribution in [0.2, 0.25) is 0 Å². The Hall–Kier alpha value is -2.31. The van der Waals surface area contributed by atoms with Crippen LogP contribution in [0.4, 0.5) is 0 Å². The molecule has 4 rings (SSSR count). The highest BCUT2D eigenvalue weighted by Crippen LogP contribution is 2.47. The SMILES string of the molecule is COc1cccc(-c2cc(C(=O)NCC3CCC4(CO3)CC(O)C4)c(C)o2)c1. The van der Waals surface area contributed by atoms with Crippen molar-refractivity contribution in [3.05, 3.63) is 41.7 Å². The second kappa shape index (κ2) is 7.60. The van der Waals surface area contributed by atoms with E-state index >= 15 is 0 Å². The van der Waals surface area contributed by atoms with Gasteiger partial charge in [0.05, 0.1) is 31.5 Å². The molecule has 0 bridgehead atoms. The van der Waals surface area contributed by atoms with E-state index in [1.807, 2.05) is 24.3 Å². The van der Waals surface area contributed by atoms with Gasteiger partial charge in [-0.05, 0) is 56.2 Å². The average molecular weight is 385 g/mol. The molecule has 2 aromatic rings. The van der Waals surface area contributed by atoms with Gasteiger partial charge < -0.3 is 24.3 Å². The first-order valence-electron chi connectivity index (χ1n) is 9.81. The predicted octanol–water partition coefficient (Wildman–Crippen LogP) is 3.31. The number of rotatable bonds is 5. The fourth-order valence-corrected chi connectivity index (χ4v) is 4.27. The number of amides is 1. The standard InChI is InChI=1S/C22H27NO5/c1-14-19(9-20(28-14)15-4-3-5-17(8-15)26-2)21(25)23-12-18-6-7-22(13-27-18)10-16(24)11-22/h3-5,8-9,16,18,24H,6-7,10-13H2,1-2H3,(H,23,25). The quantitative estimate of drug-likeness (QED) is 0.825. The molecule has 1 aromatic carbocycles. The van der Waals surface area contributed by atoms with Gasteiger partial charge in [-0.2, -0.15) is 0 Å². The summed E-state index contributed by atoms with van der Waals surface area (Å²) in [6.45, 7) is 2.95. The second-order valence-corrected chi connectivity index (χ2v) is 8.06.